The van der Waals surface area contributed by atoms with Gasteiger partial charge in [0.05, 0.1) is 12.2 Å². The Bertz CT molecular complexity index is 160. The summed E-state index contributed by atoms with van der Waals surface area (Å²) in [5, 5.41) is 7.86. The Morgan fingerprint density at radius 1 is 1.44 bits per heavy atom. The SMILES string of the molecule is CC(C)(C)C1=CCN=N1. The molecule has 9 heavy (non-hydrogen) atoms. The Morgan fingerprint density at radius 2 is 2.11 bits per heavy atom. The normalized spacial score (nSPS) is 18.3. The van der Waals surface area contributed by atoms with Crippen LogP contribution < -0.4 is 0 Å². The van der Waals surface area contributed by atoms with Crippen molar-refractivity contribution in [1.29, 1.82) is 0 Å². The van der Waals surface area contributed by atoms with E-state index in [1.54, 1.807) is 0 Å². The van der Waals surface area contributed by atoms with Crippen molar-refractivity contribution >= 4 is 0 Å². The van der Waals surface area contributed by atoms with Gasteiger partial charge in [0.15, 0.2) is 0 Å². The van der Waals surface area contributed by atoms with Crippen LogP contribution in [0.15, 0.2) is 22.0 Å². The molecular formula is C7H12N2. The van der Waals surface area contributed by atoms with Crippen LogP contribution in [0.2, 0.25) is 0 Å². The van der Waals surface area contributed by atoms with Crippen molar-refractivity contribution in [3.8, 4) is 0 Å². The average molecular weight is 124 g/mol. The average Bonchev–Trinajstić information content (AvgIpc) is 2.08. The summed E-state index contributed by atoms with van der Waals surface area (Å²) in [5.41, 5.74) is 1.29. The van der Waals surface area contributed by atoms with Gasteiger partial charge >= 0.3 is 0 Å². The third-order valence-electron chi connectivity index (χ3n) is 1.31. The second kappa shape index (κ2) is 1.94. The first kappa shape index (κ1) is 6.46. The topological polar surface area (TPSA) is 24.7 Å². The maximum Gasteiger partial charge on any atom is 0.0805 e. The van der Waals surface area contributed by atoms with E-state index in [4.69, 9.17) is 0 Å². The minimum atomic E-state index is 0.181. The van der Waals surface area contributed by atoms with Gasteiger partial charge in [-0.25, -0.2) is 0 Å². The van der Waals surface area contributed by atoms with E-state index < -0.39 is 0 Å². The van der Waals surface area contributed by atoms with Gasteiger partial charge in [0.1, 0.15) is 0 Å². The summed E-state index contributed by atoms with van der Waals surface area (Å²) >= 11 is 0. The molecule has 50 valence electrons. The fourth-order valence-electron chi connectivity index (χ4n) is 0.741. The van der Waals surface area contributed by atoms with Crippen LogP contribution >= 0.6 is 0 Å². The van der Waals surface area contributed by atoms with Crippen LogP contribution in [0.3, 0.4) is 0 Å². The summed E-state index contributed by atoms with van der Waals surface area (Å²) < 4.78 is 0. The van der Waals surface area contributed by atoms with Crippen LogP contribution in [0.1, 0.15) is 20.8 Å². The fourth-order valence-corrected chi connectivity index (χ4v) is 0.741. The van der Waals surface area contributed by atoms with E-state index in [0.29, 0.717) is 0 Å². The predicted molar refractivity (Wildman–Crippen MR) is 37.3 cm³/mol. The Balaban J connectivity index is 2.73. The van der Waals surface area contributed by atoms with Gasteiger partial charge in [-0.15, -0.1) is 0 Å². The maximum absolute atomic E-state index is 3.99. The monoisotopic (exact) mass is 124 g/mol. The molecule has 0 fully saturated rings. The summed E-state index contributed by atoms with van der Waals surface area (Å²) in [6, 6.07) is 0. The first-order valence-electron chi connectivity index (χ1n) is 3.19. The fraction of sp³-hybridized carbons (Fsp3) is 0.714. The summed E-state index contributed by atoms with van der Waals surface area (Å²) in [6.07, 6.45) is 2.07. The Kier molecular flexibility index (Phi) is 1.39. The number of allylic oxidation sites excluding steroid dienone is 1. The van der Waals surface area contributed by atoms with Crippen LogP contribution in [-0.2, 0) is 0 Å². The number of azo groups is 1. The van der Waals surface area contributed by atoms with Crippen LogP contribution in [0.25, 0.3) is 0 Å². The molecule has 0 aromatic carbocycles. The second-order valence-electron chi connectivity index (χ2n) is 3.26. The van der Waals surface area contributed by atoms with Crippen LogP contribution in [-0.4, -0.2) is 6.54 Å². The molecule has 2 nitrogen and oxygen atoms in total. The van der Waals surface area contributed by atoms with E-state index in [1.165, 1.54) is 0 Å². The van der Waals surface area contributed by atoms with Crippen molar-refractivity contribution in [2.24, 2.45) is 15.6 Å². The quantitative estimate of drug-likeness (QED) is 0.473. The third kappa shape index (κ3) is 1.37. The molecule has 0 aromatic heterocycles. The predicted octanol–water partition coefficient (Wildman–Crippen LogP) is 2.38. The van der Waals surface area contributed by atoms with E-state index in [2.05, 4.69) is 37.1 Å². The van der Waals surface area contributed by atoms with Crippen molar-refractivity contribution in [3.05, 3.63) is 11.8 Å². The molecule has 1 rings (SSSR count). The van der Waals surface area contributed by atoms with Crippen molar-refractivity contribution in [2.45, 2.75) is 20.8 Å². The summed E-state index contributed by atoms with van der Waals surface area (Å²) in [7, 11) is 0. The van der Waals surface area contributed by atoms with E-state index in [1.807, 2.05) is 0 Å². The zero-order chi connectivity index (χ0) is 6.91. The minimum Gasteiger partial charge on any atom is -0.185 e. The highest BCUT2D eigenvalue weighted by Gasteiger charge is 2.18. The summed E-state index contributed by atoms with van der Waals surface area (Å²) in [5.74, 6) is 0. The summed E-state index contributed by atoms with van der Waals surface area (Å²) in [6.45, 7) is 7.20. The lowest BCUT2D eigenvalue weighted by Gasteiger charge is -2.15. The van der Waals surface area contributed by atoms with Gasteiger partial charge in [-0.2, -0.15) is 10.2 Å². The van der Waals surface area contributed by atoms with E-state index in [9.17, 15) is 0 Å². The van der Waals surface area contributed by atoms with Gasteiger partial charge in [0, 0.05) is 5.41 Å². The first-order valence-corrected chi connectivity index (χ1v) is 3.19. The molecule has 0 aliphatic carbocycles. The Morgan fingerprint density at radius 3 is 2.33 bits per heavy atom. The first-order chi connectivity index (χ1) is 4.11. The van der Waals surface area contributed by atoms with Crippen LogP contribution in [0.5, 0.6) is 0 Å². The highest BCUT2D eigenvalue weighted by atomic mass is 15.1. The van der Waals surface area contributed by atoms with Crippen molar-refractivity contribution in [2.75, 3.05) is 6.54 Å². The van der Waals surface area contributed by atoms with Gasteiger partial charge in [-0.1, -0.05) is 20.8 Å². The molecule has 0 saturated carbocycles. The molecule has 0 bridgehead atoms. The van der Waals surface area contributed by atoms with E-state index in [-0.39, 0.29) is 5.41 Å². The summed E-state index contributed by atoms with van der Waals surface area (Å²) in [4.78, 5) is 0. The maximum atomic E-state index is 3.99. The molecule has 1 aliphatic heterocycles. The second-order valence-corrected chi connectivity index (χ2v) is 3.26. The zero-order valence-electron chi connectivity index (χ0n) is 6.18. The highest BCUT2D eigenvalue weighted by molar-refractivity contribution is 5.11. The van der Waals surface area contributed by atoms with E-state index in [0.717, 1.165) is 12.2 Å². The smallest absolute Gasteiger partial charge is 0.0805 e. The molecule has 0 radical (unpaired) electrons. The van der Waals surface area contributed by atoms with Gasteiger partial charge in [-0.3, -0.25) is 0 Å². The zero-order valence-corrected chi connectivity index (χ0v) is 6.18. The number of rotatable bonds is 0. The molecular weight excluding hydrogens is 112 g/mol. The van der Waals surface area contributed by atoms with Crippen molar-refractivity contribution in [1.82, 2.24) is 0 Å². The number of nitrogens with zero attached hydrogens (tertiary/aromatic N) is 2. The Labute approximate surface area is 55.7 Å². The van der Waals surface area contributed by atoms with E-state index >= 15 is 0 Å². The van der Waals surface area contributed by atoms with Gasteiger partial charge in [0.2, 0.25) is 0 Å². The molecule has 0 spiro atoms. The molecule has 1 heterocycles. The third-order valence-corrected chi connectivity index (χ3v) is 1.31. The molecule has 0 unspecified atom stereocenters. The van der Waals surface area contributed by atoms with Gasteiger partial charge in [0.25, 0.3) is 0 Å². The number of hydrogen-bond donors (Lipinski definition) is 0. The van der Waals surface area contributed by atoms with Gasteiger partial charge in [-0.05, 0) is 6.08 Å². The number of hydrogen-bond acceptors (Lipinski definition) is 2. The van der Waals surface area contributed by atoms with Gasteiger partial charge < -0.3 is 0 Å². The Hall–Kier alpha value is -0.660. The standard InChI is InChI=1S/C7H12N2/c1-7(2,3)6-4-5-8-9-6/h4H,5H2,1-3H3. The molecule has 0 atom stereocenters. The lowest BCUT2D eigenvalue weighted by atomic mass is 9.92. The van der Waals surface area contributed by atoms with Crippen molar-refractivity contribution < 1.29 is 0 Å². The highest BCUT2D eigenvalue weighted by Crippen LogP contribution is 2.28. The molecule has 0 amide bonds. The molecule has 0 aromatic rings. The largest absolute Gasteiger partial charge is 0.185 e. The van der Waals surface area contributed by atoms with Crippen molar-refractivity contribution in [3.63, 3.8) is 0 Å². The van der Waals surface area contributed by atoms with Crippen LogP contribution in [0.4, 0.5) is 0 Å². The van der Waals surface area contributed by atoms with Crippen LogP contribution in [0, 0.1) is 5.41 Å². The molecule has 0 N–H and O–H groups in total. The molecule has 0 saturated heterocycles. The minimum absolute atomic E-state index is 0.181. The lowest BCUT2D eigenvalue weighted by Crippen LogP contribution is -2.05. The lowest BCUT2D eigenvalue weighted by molar-refractivity contribution is 0.497. The molecule has 1 aliphatic rings. The molecule has 2 heteroatoms.